The number of benzene rings is 2. The summed E-state index contributed by atoms with van der Waals surface area (Å²) >= 11 is 0.799. The van der Waals surface area contributed by atoms with Crippen molar-refractivity contribution in [2.75, 3.05) is 0 Å². The van der Waals surface area contributed by atoms with Crippen LogP contribution in [0.1, 0.15) is 16.3 Å². The van der Waals surface area contributed by atoms with E-state index in [2.05, 4.69) is 5.32 Å². The SMILES string of the molecule is NS(=O)(=O)c1ccc(-c2ccc(/C=C3\SC(=O)NC3=O)o2)cc1.NS(=O)(=O)c1ccc(-c2ccc(C=O)o2)cc1. The van der Waals surface area contributed by atoms with Crippen LogP contribution < -0.4 is 15.6 Å². The second-order valence-corrected chi connectivity index (χ2v) is 12.2. The zero-order chi connectivity index (χ0) is 29.1. The largest absolute Gasteiger partial charge is 0.457 e. The normalized spacial score (nSPS) is 14.5. The maximum absolute atomic E-state index is 11.5. The van der Waals surface area contributed by atoms with Crippen LogP contribution in [0.25, 0.3) is 28.7 Å². The molecule has 2 aromatic carbocycles. The Balaban J connectivity index is 0.000000194. The smallest absolute Gasteiger partial charge is 0.290 e. The Morgan fingerprint density at radius 2 is 1.12 bits per heavy atom. The molecule has 2 aromatic heterocycles. The van der Waals surface area contributed by atoms with Gasteiger partial charge in [-0.3, -0.25) is 19.7 Å². The Morgan fingerprint density at radius 3 is 1.50 bits per heavy atom. The number of amides is 2. The number of carbonyl (C=O) groups is 3. The molecule has 206 valence electrons. The lowest BCUT2D eigenvalue weighted by atomic mass is 10.2. The molecular weight excluding hydrogens is 582 g/mol. The van der Waals surface area contributed by atoms with Crippen LogP contribution in [0.4, 0.5) is 4.79 Å². The first-order valence-corrected chi connectivity index (χ1v) is 14.9. The van der Waals surface area contributed by atoms with Gasteiger partial charge in [-0.15, -0.1) is 0 Å². The number of rotatable bonds is 6. The van der Waals surface area contributed by atoms with Gasteiger partial charge < -0.3 is 8.83 Å². The highest BCUT2D eigenvalue weighted by Crippen LogP contribution is 2.29. The molecule has 15 heteroatoms. The van der Waals surface area contributed by atoms with E-state index < -0.39 is 31.2 Å². The molecule has 0 unspecified atom stereocenters. The predicted molar refractivity (Wildman–Crippen MR) is 146 cm³/mol. The van der Waals surface area contributed by atoms with E-state index in [1.807, 2.05) is 0 Å². The molecule has 5 N–H and O–H groups in total. The van der Waals surface area contributed by atoms with Gasteiger partial charge in [0, 0.05) is 17.2 Å². The summed E-state index contributed by atoms with van der Waals surface area (Å²) < 4.78 is 55.3. The lowest BCUT2D eigenvalue weighted by Crippen LogP contribution is -2.17. The first-order chi connectivity index (χ1) is 18.8. The van der Waals surface area contributed by atoms with Crippen LogP contribution in [0, 0.1) is 0 Å². The number of furan rings is 2. The second kappa shape index (κ2) is 11.4. The number of nitrogens with two attached hydrogens (primary N) is 2. The van der Waals surface area contributed by atoms with E-state index in [1.54, 1.807) is 42.5 Å². The highest BCUT2D eigenvalue weighted by Gasteiger charge is 2.25. The van der Waals surface area contributed by atoms with Crippen LogP contribution in [0.5, 0.6) is 0 Å². The molecule has 40 heavy (non-hydrogen) atoms. The van der Waals surface area contributed by atoms with Crippen LogP contribution in [-0.4, -0.2) is 34.3 Å². The predicted octanol–water partition coefficient (Wildman–Crippen LogP) is 3.32. The summed E-state index contributed by atoms with van der Waals surface area (Å²) in [4.78, 5) is 33.3. The Kier molecular flexibility index (Phi) is 8.22. The van der Waals surface area contributed by atoms with E-state index in [0.29, 0.717) is 34.7 Å². The first kappa shape index (κ1) is 28.7. The zero-order valence-electron chi connectivity index (χ0n) is 20.1. The van der Waals surface area contributed by atoms with Crippen molar-refractivity contribution in [3.63, 3.8) is 0 Å². The minimum absolute atomic E-state index is 0.00712. The van der Waals surface area contributed by atoms with Crippen molar-refractivity contribution in [3.05, 3.63) is 89.2 Å². The monoisotopic (exact) mass is 601 g/mol. The summed E-state index contributed by atoms with van der Waals surface area (Å²) in [5.41, 5.74) is 1.33. The van der Waals surface area contributed by atoms with Crippen molar-refractivity contribution in [1.82, 2.24) is 5.32 Å². The number of hydrogen-bond acceptors (Lipinski definition) is 10. The number of hydrogen-bond donors (Lipinski definition) is 3. The van der Waals surface area contributed by atoms with Gasteiger partial charge in [-0.2, -0.15) is 0 Å². The van der Waals surface area contributed by atoms with Gasteiger partial charge in [-0.1, -0.05) is 0 Å². The molecule has 0 radical (unpaired) electrons. The van der Waals surface area contributed by atoms with E-state index in [0.717, 1.165) is 11.8 Å². The molecule has 1 aliphatic heterocycles. The maximum Gasteiger partial charge on any atom is 0.290 e. The van der Waals surface area contributed by atoms with Crippen LogP contribution >= 0.6 is 11.8 Å². The lowest BCUT2D eigenvalue weighted by Gasteiger charge is -2.00. The Labute approximate surface area is 232 Å². The minimum atomic E-state index is -3.74. The average molecular weight is 602 g/mol. The molecule has 2 amide bonds. The molecule has 0 atom stereocenters. The number of carbonyl (C=O) groups excluding carboxylic acids is 3. The van der Waals surface area contributed by atoms with Gasteiger partial charge in [0.1, 0.15) is 17.3 Å². The number of aldehydes is 1. The number of nitrogens with one attached hydrogen (secondary N) is 1. The molecule has 1 saturated heterocycles. The van der Waals surface area contributed by atoms with E-state index in [1.165, 1.54) is 36.4 Å². The standard InChI is InChI=1S/C14H10N2O5S2.C11H9NO4S/c15-23(19,20)10-4-1-8(2-5-10)11-6-3-9(21-11)7-12-13(17)16-14(18)22-12;12-17(14,15)10-4-1-8(2-5-10)11-6-3-9(7-13)16-11/h1-7H,(H2,15,19,20)(H,16,17,18);1-7H,(H2,12,14,15)/b12-7-;. The van der Waals surface area contributed by atoms with Gasteiger partial charge in [0.2, 0.25) is 20.0 Å². The van der Waals surface area contributed by atoms with Gasteiger partial charge >= 0.3 is 0 Å². The van der Waals surface area contributed by atoms with Crippen molar-refractivity contribution in [3.8, 4) is 22.6 Å². The van der Waals surface area contributed by atoms with Gasteiger partial charge in [-0.05, 0) is 84.6 Å². The quantitative estimate of drug-likeness (QED) is 0.217. The third kappa shape index (κ3) is 7.02. The molecular formula is C25H19N3O9S3. The Morgan fingerprint density at radius 1 is 0.675 bits per heavy atom. The molecule has 0 aliphatic carbocycles. The number of primary sulfonamides is 2. The molecule has 5 rings (SSSR count). The van der Waals surface area contributed by atoms with E-state index >= 15 is 0 Å². The summed E-state index contributed by atoms with van der Waals surface area (Å²) in [7, 11) is -7.43. The van der Waals surface area contributed by atoms with Gasteiger partial charge in [0.15, 0.2) is 12.0 Å². The topological polar surface area (TPSA) is 210 Å². The van der Waals surface area contributed by atoms with Crippen molar-refractivity contribution in [2.45, 2.75) is 9.79 Å². The van der Waals surface area contributed by atoms with Crippen LogP contribution in [-0.2, 0) is 24.8 Å². The highest BCUT2D eigenvalue weighted by atomic mass is 32.2. The Bertz CT molecular complexity index is 1840. The van der Waals surface area contributed by atoms with Gasteiger partial charge in [0.05, 0.1) is 14.7 Å². The van der Waals surface area contributed by atoms with Gasteiger partial charge in [0.25, 0.3) is 11.1 Å². The fourth-order valence-corrected chi connectivity index (χ4v) is 5.02. The van der Waals surface area contributed by atoms with Crippen molar-refractivity contribution >= 4 is 55.3 Å². The molecule has 4 aromatic rings. The average Bonchev–Trinajstić information content (AvgIpc) is 3.64. The fraction of sp³-hybridized carbons (Fsp3) is 0. The molecule has 3 heterocycles. The maximum atomic E-state index is 11.5. The van der Waals surface area contributed by atoms with Crippen LogP contribution in [0.3, 0.4) is 0 Å². The summed E-state index contributed by atoms with van der Waals surface area (Å²) in [5.74, 6) is 1.15. The van der Waals surface area contributed by atoms with E-state index in [-0.39, 0.29) is 20.5 Å². The molecule has 1 fully saturated rings. The number of imide groups is 1. The molecule has 0 bridgehead atoms. The first-order valence-electron chi connectivity index (χ1n) is 11.0. The van der Waals surface area contributed by atoms with E-state index in [9.17, 15) is 31.2 Å². The minimum Gasteiger partial charge on any atom is -0.457 e. The second-order valence-electron chi connectivity index (χ2n) is 8.01. The van der Waals surface area contributed by atoms with Crippen LogP contribution in [0.2, 0.25) is 0 Å². The third-order valence-corrected chi connectivity index (χ3v) is 7.89. The number of thioether (sulfide) groups is 1. The van der Waals surface area contributed by atoms with Gasteiger partial charge in [-0.25, -0.2) is 27.1 Å². The summed E-state index contributed by atoms with van der Waals surface area (Å²) in [6.07, 6.45) is 2.06. The fourth-order valence-electron chi connectivity index (χ4n) is 3.32. The third-order valence-electron chi connectivity index (χ3n) is 5.22. The van der Waals surface area contributed by atoms with Crippen LogP contribution in [0.15, 0.2) is 96.3 Å². The number of sulfonamides is 2. The van der Waals surface area contributed by atoms with Crippen molar-refractivity contribution in [2.24, 2.45) is 10.3 Å². The molecule has 12 nitrogen and oxygen atoms in total. The molecule has 0 spiro atoms. The molecule has 0 saturated carbocycles. The van der Waals surface area contributed by atoms with Crippen molar-refractivity contribution < 1.29 is 40.1 Å². The van der Waals surface area contributed by atoms with E-state index in [4.69, 9.17) is 19.1 Å². The lowest BCUT2D eigenvalue weighted by molar-refractivity contribution is -0.115. The highest BCUT2D eigenvalue weighted by molar-refractivity contribution is 8.18. The Hall–Kier alpha value is -4.28. The summed E-state index contributed by atoms with van der Waals surface area (Å²) in [5, 5.41) is 11.7. The van der Waals surface area contributed by atoms with Crippen molar-refractivity contribution in [1.29, 1.82) is 0 Å². The molecule has 1 aliphatic rings. The zero-order valence-corrected chi connectivity index (χ0v) is 22.6. The summed E-state index contributed by atoms with van der Waals surface area (Å²) in [6.45, 7) is 0. The summed E-state index contributed by atoms with van der Waals surface area (Å²) in [6, 6.07) is 18.3.